The van der Waals surface area contributed by atoms with Crippen LogP contribution in [0.15, 0.2) is 0 Å². The normalized spacial score (nSPS) is 9.50. The average Bonchev–Trinajstić information content (AvgIpc) is 2.26. The second-order valence-electron chi connectivity index (χ2n) is 4.22. The highest BCUT2D eigenvalue weighted by molar-refractivity contribution is 7.30. The fraction of sp³-hybridized carbons (Fsp3) is 0.917. The van der Waals surface area contributed by atoms with Gasteiger partial charge in [-0.15, -0.1) is 9.79 Å². The highest BCUT2D eigenvalue weighted by Crippen LogP contribution is 2.10. The Labute approximate surface area is 110 Å². The number of carbonyl (C=O) groups is 1. The van der Waals surface area contributed by atoms with Crippen LogP contribution in [-0.2, 0) is 9.36 Å². The molecule has 0 rings (SSSR count). The Hall–Kier alpha value is -0.510. The molecular formula is C12H26O5P+. The zero-order chi connectivity index (χ0) is 14.2. The summed E-state index contributed by atoms with van der Waals surface area (Å²) in [4.78, 5) is 24.4. The molecule has 0 spiro atoms. The minimum Gasteiger partial charge on any atom is -0.481 e. The van der Waals surface area contributed by atoms with Gasteiger partial charge in [0.15, 0.2) is 0 Å². The largest absolute Gasteiger partial charge is 0.692 e. The number of carboxylic acids is 1. The van der Waals surface area contributed by atoms with Crippen molar-refractivity contribution in [1.82, 2.24) is 0 Å². The number of carboxylic acid groups (broad SMARTS) is 1. The Balaban J connectivity index is 0. The van der Waals surface area contributed by atoms with Crippen LogP contribution < -0.4 is 0 Å². The summed E-state index contributed by atoms with van der Waals surface area (Å²) >= 11 is 0. The van der Waals surface area contributed by atoms with Crippen LogP contribution in [0.3, 0.4) is 0 Å². The molecule has 0 aliphatic heterocycles. The maximum atomic E-state index is 10.2. The number of aliphatic carboxylic acids is 1. The van der Waals surface area contributed by atoms with Crippen LogP contribution in [-0.4, -0.2) is 20.9 Å². The van der Waals surface area contributed by atoms with E-state index < -0.39 is 14.2 Å². The Morgan fingerprint density at radius 2 is 1.22 bits per heavy atom. The third-order valence-corrected chi connectivity index (χ3v) is 2.49. The molecule has 0 fully saturated rings. The summed E-state index contributed by atoms with van der Waals surface area (Å²) in [6, 6.07) is 0. The molecule has 5 nitrogen and oxygen atoms in total. The maximum Gasteiger partial charge on any atom is 0.692 e. The van der Waals surface area contributed by atoms with Crippen LogP contribution >= 0.6 is 8.25 Å². The Kier molecular flexibility index (Phi) is 18.2. The van der Waals surface area contributed by atoms with Gasteiger partial charge in [0.2, 0.25) is 0 Å². The SMILES string of the molecule is CCCCCCCCCCCC(=O)O.O=[P+](O)O. The van der Waals surface area contributed by atoms with Crippen LogP contribution in [0, 0.1) is 0 Å². The minimum absolute atomic E-state index is 0.343. The Bertz CT molecular complexity index is 205. The second kappa shape index (κ2) is 16.5. The molecule has 108 valence electrons. The predicted molar refractivity (Wildman–Crippen MR) is 71.5 cm³/mol. The van der Waals surface area contributed by atoms with E-state index in [4.69, 9.17) is 19.5 Å². The molecule has 3 N–H and O–H groups in total. The van der Waals surface area contributed by atoms with Gasteiger partial charge in [-0.3, -0.25) is 4.79 Å². The van der Waals surface area contributed by atoms with Crippen LogP contribution in [0.2, 0.25) is 0 Å². The van der Waals surface area contributed by atoms with Gasteiger partial charge >= 0.3 is 14.2 Å². The first-order valence-electron chi connectivity index (χ1n) is 6.57. The van der Waals surface area contributed by atoms with Gasteiger partial charge < -0.3 is 5.11 Å². The lowest BCUT2D eigenvalue weighted by Crippen LogP contribution is -1.93. The average molecular weight is 281 g/mol. The highest BCUT2D eigenvalue weighted by Gasteiger charge is 1.96. The van der Waals surface area contributed by atoms with Crippen molar-refractivity contribution in [2.75, 3.05) is 0 Å². The molecule has 0 aliphatic carbocycles. The van der Waals surface area contributed by atoms with Gasteiger partial charge in [-0.25, -0.2) is 0 Å². The lowest BCUT2D eigenvalue weighted by Gasteiger charge is -2.00. The molecule has 0 saturated heterocycles. The second-order valence-corrected chi connectivity index (χ2v) is 4.73. The minimum atomic E-state index is -2.87. The van der Waals surface area contributed by atoms with Crippen molar-refractivity contribution in [3.63, 3.8) is 0 Å². The smallest absolute Gasteiger partial charge is 0.481 e. The van der Waals surface area contributed by atoms with Gasteiger partial charge in [0.1, 0.15) is 0 Å². The van der Waals surface area contributed by atoms with Gasteiger partial charge in [0.05, 0.1) is 0 Å². The summed E-state index contributed by atoms with van der Waals surface area (Å²) in [5.74, 6) is -0.659. The van der Waals surface area contributed by atoms with E-state index >= 15 is 0 Å². The molecule has 0 bridgehead atoms. The summed E-state index contributed by atoms with van der Waals surface area (Å²) in [6.45, 7) is 2.23. The van der Waals surface area contributed by atoms with Crippen molar-refractivity contribution in [3.8, 4) is 0 Å². The number of hydrogen-bond acceptors (Lipinski definition) is 2. The quantitative estimate of drug-likeness (QED) is 0.420. The van der Waals surface area contributed by atoms with E-state index in [1.807, 2.05) is 0 Å². The van der Waals surface area contributed by atoms with E-state index in [2.05, 4.69) is 6.92 Å². The van der Waals surface area contributed by atoms with E-state index in [1.165, 1.54) is 44.9 Å². The van der Waals surface area contributed by atoms with Crippen LogP contribution in [0.25, 0.3) is 0 Å². The molecule has 0 heterocycles. The molecule has 18 heavy (non-hydrogen) atoms. The maximum absolute atomic E-state index is 10.2. The molecule has 0 atom stereocenters. The first-order valence-corrected chi connectivity index (χ1v) is 7.74. The van der Waals surface area contributed by atoms with Crippen LogP contribution in [0.4, 0.5) is 0 Å². The number of unbranched alkanes of at least 4 members (excludes halogenated alkanes) is 8. The topological polar surface area (TPSA) is 94.8 Å². The molecule has 0 aliphatic rings. The summed E-state index contributed by atoms with van der Waals surface area (Å²) in [5.41, 5.74) is 0. The highest BCUT2D eigenvalue weighted by atomic mass is 31.1. The monoisotopic (exact) mass is 281 g/mol. The molecular weight excluding hydrogens is 255 g/mol. The van der Waals surface area contributed by atoms with Crippen molar-refractivity contribution in [1.29, 1.82) is 0 Å². The molecule has 0 aromatic heterocycles. The van der Waals surface area contributed by atoms with Gasteiger partial charge in [-0.1, -0.05) is 58.3 Å². The standard InChI is InChI=1S/C12H24O2.HO3P/c1-2-3-4-5-6-7-8-9-10-11-12(13)14;1-4(2)3/h2-11H2,1H3,(H,13,14);(H-,1,2,3)/p+1. The number of hydrogen-bond donors (Lipinski definition) is 3. The van der Waals surface area contributed by atoms with Gasteiger partial charge in [-0.2, -0.15) is 0 Å². The molecule has 0 radical (unpaired) electrons. The van der Waals surface area contributed by atoms with Crippen molar-refractivity contribution in [2.24, 2.45) is 0 Å². The molecule has 6 heteroatoms. The molecule has 0 amide bonds. The third kappa shape index (κ3) is 29.6. The van der Waals surface area contributed by atoms with Crippen molar-refractivity contribution in [3.05, 3.63) is 0 Å². The molecule has 0 aromatic rings. The van der Waals surface area contributed by atoms with Crippen molar-refractivity contribution < 1.29 is 24.3 Å². The van der Waals surface area contributed by atoms with E-state index in [0.29, 0.717) is 6.42 Å². The predicted octanol–water partition coefficient (Wildman–Crippen LogP) is 3.62. The summed E-state index contributed by atoms with van der Waals surface area (Å²) in [6.07, 6.45) is 11.5. The number of rotatable bonds is 10. The molecule has 0 saturated carbocycles. The molecule has 0 unspecified atom stereocenters. The summed E-state index contributed by atoms with van der Waals surface area (Å²) in [7, 11) is -2.87. The van der Waals surface area contributed by atoms with Gasteiger partial charge in [0, 0.05) is 11.0 Å². The Morgan fingerprint density at radius 1 is 0.889 bits per heavy atom. The van der Waals surface area contributed by atoms with Gasteiger partial charge in [0.25, 0.3) is 0 Å². The lowest BCUT2D eigenvalue weighted by atomic mass is 10.1. The van der Waals surface area contributed by atoms with E-state index in [9.17, 15) is 4.79 Å². The lowest BCUT2D eigenvalue weighted by molar-refractivity contribution is -0.137. The van der Waals surface area contributed by atoms with E-state index in [-0.39, 0.29) is 0 Å². The van der Waals surface area contributed by atoms with Gasteiger partial charge in [-0.05, 0) is 6.42 Å². The summed E-state index contributed by atoms with van der Waals surface area (Å²) < 4.78 is 8.70. The first-order chi connectivity index (χ1) is 8.50. The van der Waals surface area contributed by atoms with Crippen LogP contribution in [0.1, 0.15) is 71.1 Å². The Morgan fingerprint density at radius 3 is 1.56 bits per heavy atom. The zero-order valence-corrected chi connectivity index (χ0v) is 12.1. The van der Waals surface area contributed by atoms with Crippen molar-refractivity contribution >= 4 is 14.2 Å². The third-order valence-electron chi connectivity index (χ3n) is 2.49. The van der Waals surface area contributed by atoms with Crippen LogP contribution in [0.5, 0.6) is 0 Å². The van der Waals surface area contributed by atoms with E-state index in [1.54, 1.807) is 0 Å². The summed E-state index contributed by atoms with van der Waals surface area (Å²) in [5, 5.41) is 8.41. The van der Waals surface area contributed by atoms with Crippen molar-refractivity contribution in [2.45, 2.75) is 71.1 Å². The molecule has 0 aromatic carbocycles. The first kappa shape index (κ1) is 19.8. The zero-order valence-electron chi connectivity index (χ0n) is 11.2. The fourth-order valence-corrected chi connectivity index (χ4v) is 1.59. The van der Waals surface area contributed by atoms with E-state index in [0.717, 1.165) is 12.8 Å². The fourth-order valence-electron chi connectivity index (χ4n) is 1.59.